The Hall–Kier alpha value is -1.50. The van der Waals surface area contributed by atoms with Gasteiger partial charge in [0, 0.05) is 6.54 Å². The average Bonchev–Trinajstić information content (AvgIpc) is 2.68. The average molecular weight is 279 g/mol. The maximum absolute atomic E-state index is 11.8. The van der Waals surface area contributed by atoms with E-state index in [1.54, 1.807) is 18.9 Å². The quantitative estimate of drug-likeness (QED) is 0.871. The van der Waals surface area contributed by atoms with E-state index < -0.39 is 6.10 Å². The Balaban J connectivity index is 1.95. The van der Waals surface area contributed by atoms with E-state index in [0.717, 1.165) is 10.2 Å². The van der Waals surface area contributed by atoms with Crippen LogP contribution in [0, 0.1) is 0 Å². The van der Waals surface area contributed by atoms with Gasteiger partial charge in [-0.2, -0.15) is 0 Å². The fourth-order valence-corrected chi connectivity index (χ4v) is 2.73. The molecule has 0 saturated carbocycles. The first-order valence-corrected chi connectivity index (χ1v) is 6.88. The van der Waals surface area contributed by atoms with E-state index in [1.807, 2.05) is 24.3 Å². The van der Waals surface area contributed by atoms with E-state index in [1.165, 1.54) is 11.3 Å². The van der Waals surface area contributed by atoms with Gasteiger partial charge in [-0.15, -0.1) is 0 Å². The number of hydrogen-bond acceptors (Lipinski definition) is 5. The molecule has 0 spiro atoms. The van der Waals surface area contributed by atoms with Crippen LogP contribution in [0.3, 0.4) is 0 Å². The highest BCUT2D eigenvalue weighted by molar-refractivity contribution is 7.22. The monoisotopic (exact) mass is 279 g/mol. The molecule has 0 aliphatic rings. The summed E-state index contributed by atoms with van der Waals surface area (Å²) in [5.41, 5.74) is 0.889. The molecular formula is C13H17N3O2S. The summed E-state index contributed by atoms with van der Waals surface area (Å²) < 4.78 is 1.05. The number of fused-ring (bicyclic) bond motifs is 1. The number of nitrogens with one attached hydrogen (secondary N) is 1. The number of amides is 1. The van der Waals surface area contributed by atoms with Crippen molar-refractivity contribution in [1.29, 1.82) is 0 Å². The Labute approximate surface area is 115 Å². The summed E-state index contributed by atoms with van der Waals surface area (Å²) in [5, 5.41) is 12.6. The van der Waals surface area contributed by atoms with E-state index in [9.17, 15) is 9.90 Å². The van der Waals surface area contributed by atoms with E-state index in [2.05, 4.69) is 10.3 Å². The molecule has 5 nitrogen and oxygen atoms in total. The van der Waals surface area contributed by atoms with Crippen LogP contribution in [0.1, 0.15) is 6.92 Å². The van der Waals surface area contributed by atoms with Crippen molar-refractivity contribution in [2.75, 3.05) is 25.5 Å². The molecule has 1 unspecified atom stereocenters. The molecule has 0 saturated heterocycles. The lowest BCUT2D eigenvalue weighted by atomic mass is 10.3. The summed E-state index contributed by atoms with van der Waals surface area (Å²) in [6.07, 6.45) is -0.444. The molecule has 0 aliphatic heterocycles. The van der Waals surface area contributed by atoms with Gasteiger partial charge in [-0.25, -0.2) is 4.98 Å². The van der Waals surface area contributed by atoms with E-state index in [-0.39, 0.29) is 12.5 Å². The lowest BCUT2D eigenvalue weighted by Crippen LogP contribution is -2.34. The molecular weight excluding hydrogens is 262 g/mol. The Morgan fingerprint density at radius 2 is 2.26 bits per heavy atom. The maximum atomic E-state index is 11.8. The molecule has 102 valence electrons. The molecule has 6 heteroatoms. The summed E-state index contributed by atoms with van der Waals surface area (Å²) in [4.78, 5) is 17.9. The maximum Gasteiger partial charge on any atom is 0.240 e. The zero-order chi connectivity index (χ0) is 13.8. The molecule has 1 atom stereocenters. The topological polar surface area (TPSA) is 65.5 Å². The predicted octanol–water partition coefficient (Wildman–Crippen LogP) is 1.55. The number of rotatable bonds is 5. The number of anilines is 1. The van der Waals surface area contributed by atoms with Crippen LogP contribution in [0.5, 0.6) is 0 Å². The molecule has 2 aromatic rings. The van der Waals surface area contributed by atoms with Gasteiger partial charge in [0.1, 0.15) is 0 Å². The summed E-state index contributed by atoms with van der Waals surface area (Å²) >= 11 is 1.46. The Morgan fingerprint density at radius 1 is 1.53 bits per heavy atom. The minimum absolute atomic E-state index is 0.123. The molecule has 0 fully saturated rings. The molecule has 0 aliphatic carbocycles. The van der Waals surface area contributed by atoms with Gasteiger partial charge in [0.2, 0.25) is 5.91 Å². The molecule has 2 rings (SSSR count). The zero-order valence-corrected chi connectivity index (χ0v) is 11.8. The fraction of sp³-hybridized carbons (Fsp3) is 0.385. The zero-order valence-electron chi connectivity index (χ0n) is 11.0. The van der Waals surface area contributed by atoms with Crippen LogP contribution in [0.15, 0.2) is 24.3 Å². The second-order valence-corrected chi connectivity index (χ2v) is 5.61. The smallest absolute Gasteiger partial charge is 0.240 e. The van der Waals surface area contributed by atoms with Crippen LogP contribution in [-0.4, -0.2) is 47.1 Å². The number of thiazole rings is 1. The molecule has 0 radical (unpaired) electrons. The van der Waals surface area contributed by atoms with Crippen molar-refractivity contribution in [2.45, 2.75) is 13.0 Å². The number of likely N-dealkylation sites (N-methyl/N-ethyl adjacent to an activating group) is 1. The fourth-order valence-electron chi connectivity index (χ4n) is 1.85. The first-order chi connectivity index (χ1) is 9.04. The molecule has 1 heterocycles. The van der Waals surface area contributed by atoms with Crippen LogP contribution >= 0.6 is 11.3 Å². The number of para-hydroxylation sites is 1. The molecule has 1 aromatic carbocycles. The summed E-state index contributed by atoms with van der Waals surface area (Å²) in [6.45, 7) is 2.40. The first-order valence-electron chi connectivity index (χ1n) is 6.06. The number of aromatic nitrogens is 1. The van der Waals surface area contributed by atoms with Crippen molar-refractivity contribution < 1.29 is 9.90 Å². The Bertz CT molecular complexity index is 535. The standard InChI is InChI=1S/C13H17N3O2S/c1-9(17)7-16(2)8-12(18)15-13-14-10-5-3-4-6-11(10)19-13/h3-6,9,17H,7-8H2,1-2H3,(H,14,15,18). The Kier molecular flexibility index (Phi) is 4.47. The highest BCUT2D eigenvalue weighted by Crippen LogP contribution is 2.25. The lowest BCUT2D eigenvalue weighted by molar-refractivity contribution is -0.117. The van der Waals surface area contributed by atoms with Gasteiger partial charge in [0.05, 0.1) is 22.9 Å². The lowest BCUT2D eigenvalue weighted by Gasteiger charge is -2.16. The number of aliphatic hydroxyl groups excluding tert-OH is 1. The predicted molar refractivity (Wildman–Crippen MR) is 77.4 cm³/mol. The van der Waals surface area contributed by atoms with Crippen molar-refractivity contribution in [1.82, 2.24) is 9.88 Å². The van der Waals surface area contributed by atoms with Gasteiger partial charge in [0.15, 0.2) is 5.13 Å². The summed E-state index contributed by atoms with van der Waals surface area (Å²) in [7, 11) is 1.80. The molecule has 1 amide bonds. The van der Waals surface area contributed by atoms with Crippen LogP contribution in [-0.2, 0) is 4.79 Å². The van der Waals surface area contributed by atoms with Crippen molar-refractivity contribution >= 4 is 32.6 Å². The minimum atomic E-state index is -0.444. The van der Waals surface area contributed by atoms with E-state index in [0.29, 0.717) is 11.7 Å². The highest BCUT2D eigenvalue weighted by atomic mass is 32.1. The van der Waals surface area contributed by atoms with Crippen LogP contribution in [0.25, 0.3) is 10.2 Å². The van der Waals surface area contributed by atoms with Gasteiger partial charge in [-0.05, 0) is 26.1 Å². The van der Waals surface area contributed by atoms with Crippen molar-refractivity contribution in [3.8, 4) is 0 Å². The molecule has 0 bridgehead atoms. The molecule has 19 heavy (non-hydrogen) atoms. The van der Waals surface area contributed by atoms with Crippen molar-refractivity contribution in [2.24, 2.45) is 0 Å². The number of benzene rings is 1. The second-order valence-electron chi connectivity index (χ2n) is 4.58. The molecule has 1 aromatic heterocycles. The van der Waals surface area contributed by atoms with Gasteiger partial charge in [-0.3, -0.25) is 9.69 Å². The number of carbonyl (C=O) groups is 1. The summed E-state index contributed by atoms with van der Waals surface area (Å²) in [5.74, 6) is -0.123. The number of aliphatic hydroxyl groups is 1. The van der Waals surface area contributed by atoms with Gasteiger partial charge in [0.25, 0.3) is 0 Å². The van der Waals surface area contributed by atoms with Crippen LogP contribution < -0.4 is 5.32 Å². The van der Waals surface area contributed by atoms with E-state index in [4.69, 9.17) is 0 Å². The van der Waals surface area contributed by atoms with Crippen LogP contribution in [0.2, 0.25) is 0 Å². The first kappa shape index (κ1) is 13.9. The van der Waals surface area contributed by atoms with Gasteiger partial charge >= 0.3 is 0 Å². The summed E-state index contributed by atoms with van der Waals surface area (Å²) in [6, 6.07) is 7.76. The number of nitrogens with zero attached hydrogens (tertiary/aromatic N) is 2. The number of carbonyl (C=O) groups excluding carboxylic acids is 1. The Morgan fingerprint density at radius 3 is 2.95 bits per heavy atom. The van der Waals surface area contributed by atoms with Crippen LogP contribution in [0.4, 0.5) is 5.13 Å². The van der Waals surface area contributed by atoms with E-state index >= 15 is 0 Å². The van der Waals surface area contributed by atoms with Crippen molar-refractivity contribution in [3.63, 3.8) is 0 Å². The van der Waals surface area contributed by atoms with Crippen molar-refractivity contribution in [3.05, 3.63) is 24.3 Å². The number of hydrogen-bond donors (Lipinski definition) is 2. The largest absolute Gasteiger partial charge is 0.392 e. The highest BCUT2D eigenvalue weighted by Gasteiger charge is 2.11. The third-order valence-electron chi connectivity index (χ3n) is 2.53. The SMILES string of the molecule is CC(O)CN(C)CC(=O)Nc1nc2ccccc2s1. The minimum Gasteiger partial charge on any atom is -0.392 e. The van der Waals surface area contributed by atoms with Gasteiger partial charge in [-0.1, -0.05) is 23.5 Å². The third kappa shape index (κ3) is 3.99. The normalized spacial score (nSPS) is 12.8. The van der Waals surface area contributed by atoms with Gasteiger partial charge < -0.3 is 10.4 Å². The molecule has 2 N–H and O–H groups in total. The second kappa shape index (κ2) is 6.10. The third-order valence-corrected chi connectivity index (χ3v) is 3.48.